The van der Waals surface area contributed by atoms with E-state index < -0.39 is 0 Å². The standard InChI is InChI=1S/C11H13N/c1-4-10-5-7-11(8-6-10)9(2)12-3/h1,5-9,12H,2-3H3/t9-/m0/s1. The molecule has 12 heavy (non-hydrogen) atoms. The number of nitrogens with one attached hydrogen (secondary N) is 1. The normalized spacial score (nSPS) is 12.1. The lowest BCUT2D eigenvalue weighted by atomic mass is 10.1. The Balaban J connectivity index is 2.86. The number of benzene rings is 1. The first-order valence-corrected chi connectivity index (χ1v) is 4.01. The summed E-state index contributed by atoms with van der Waals surface area (Å²) in [6.07, 6.45) is 5.24. The molecule has 0 aromatic heterocycles. The van der Waals surface area contributed by atoms with Gasteiger partial charge in [-0.15, -0.1) is 6.42 Å². The third kappa shape index (κ3) is 1.87. The number of hydrogen-bond donors (Lipinski definition) is 1. The first kappa shape index (κ1) is 8.83. The molecule has 62 valence electrons. The lowest BCUT2D eigenvalue weighted by molar-refractivity contribution is 0.652. The highest BCUT2D eigenvalue weighted by Crippen LogP contribution is 2.11. The minimum atomic E-state index is 0.386. The van der Waals surface area contributed by atoms with E-state index in [0.29, 0.717) is 6.04 Å². The van der Waals surface area contributed by atoms with Crippen LogP contribution >= 0.6 is 0 Å². The topological polar surface area (TPSA) is 12.0 Å². The largest absolute Gasteiger partial charge is 0.313 e. The molecular formula is C11H13N. The zero-order valence-electron chi connectivity index (χ0n) is 7.46. The van der Waals surface area contributed by atoms with Crippen LogP contribution < -0.4 is 5.32 Å². The fourth-order valence-corrected chi connectivity index (χ4v) is 1.03. The first-order valence-electron chi connectivity index (χ1n) is 4.01. The van der Waals surface area contributed by atoms with Crippen molar-refractivity contribution in [2.45, 2.75) is 13.0 Å². The molecule has 0 spiro atoms. The van der Waals surface area contributed by atoms with Crippen molar-refractivity contribution in [3.8, 4) is 12.3 Å². The first-order chi connectivity index (χ1) is 5.77. The van der Waals surface area contributed by atoms with Crippen molar-refractivity contribution >= 4 is 0 Å². The molecular weight excluding hydrogens is 146 g/mol. The van der Waals surface area contributed by atoms with Gasteiger partial charge >= 0.3 is 0 Å². The average Bonchev–Trinajstić information content (AvgIpc) is 2.17. The smallest absolute Gasteiger partial charge is 0.0289 e. The second-order valence-corrected chi connectivity index (χ2v) is 2.78. The van der Waals surface area contributed by atoms with Crippen molar-refractivity contribution in [2.75, 3.05) is 7.05 Å². The maximum Gasteiger partial charge on any atom is 0.0289 e. The van der Waals surface area contributed by atoms with E-state index in [1.165, 1.54) is 5.56 Å². The highest BCUT2D eigenvalue weighted by atomic mass is 14.8. The molecule has 0 radical (unpaired) electrons. The van der Waals surface area contributed by atoms with Crippen molar-refractivity contribution in [2.24, 2.45) is 0 Å². The van der Waals surface area contributed by atoms with E-state index in [4.69, 9.17) is 6.42 Å². The van der Waals surface area contributed by atoms with Gasteiger partial charge in [-0.1, -0.05) is 18.1 Å². The van der Waals surface area contributed by atoms with Gasteiger partial charge in [-0.25, -0.2) is 0 Å². The summed E-state index contributed by atoms with van der Waals surface area (Å²) in [7, 11) is 1.94. The third-order valence-electron chi connectivity index (χ3n) is 2.01. The van der Waals surface area contributed by atoms with Crippen molar-refractivity contribution in [3.63, 3.8) is 0 Å². The molecule has 0 fully saturated rings. The van der Waals surface area contributed by atoms with Gasteiger partial charge in [-0.2, -0.15) is 0 Å². The Morgan fingerprint density at radius 1 is 1.33 bits per heavy atom. The van der Waals surface area contributed by atoms with Crippen LogP contribution in [0, 0.1) is 12.3 Å². The lowest BCUT2D eigenvalue weighted by Crippen LogP contribution is -2.11. The van der Waals surface area contributed by atoms with Gasteiger partial charge in [0.25, 0.3) is 0 Å². The number of hydrogen-bond acceptors (Lipinski definition) is 1. The molecule has 0 saturated heterocycles. The summed E-state index contributed by atoms with van der Waals surface area (Å²) in [6.45, 7) is 2.12. The second kappa shape index (κ2) is 3.94. The molecule has 1 N–H and O–H groups in total. The fourth-order valence-electron chi connectivity index (χ4n) is 1.03. The van der Waals surface area contributed by atoms with Gasteiger partial charge < -0.3 is 5.32 Å². The van der Waals surface area contributed by atoms with Gasteiger partial charge in [-0.05, 0) is 31.7 Å². The van der Waals surface area contributed by atoms with Crippen LogP contribution in [0.15, 0.2) is 24.3 Å². The maximum atomic E-state index is 5.24. The van der Waals surface area contributed by atoms with E-state index in [2.05, 4.69) is 30.3 Å². The minimum absolute atomic E-state index is 0.386. The number of rotatable bonds is 2. The van der Waals surface area contributed by atoms with Crippen LogP contribution in [0.1, 0.15) is 24.1 Å². The van der Waals surface area contributed by atoms with Gasteiger partial charge in [-0.3, -0.25) is 0 Å². The van der Waals surface area contributed by atoms with Gasteiger partial charge in [0.15, 0.2) is 0 Å². The quantitative estimate of drug-likeness (QED) is 0.650. The Morgan fingerprint density at radius 2 is 1.92 bits per heavy atom. The summed E-state index contributed by atoms with van der Waals surface area (Å²) < 4.78 is 0. The highest BCUT2D eigenvalue weighted by molar-refractivity contribution is 5.34. The summed E-state index contributed by atoms with van der Waals surface area (Å²) in [5, 5.41) is 3.17. The maximum absolute atomic E-state index is 5.24. The van der Waals surface area contributed by atoms with E-state index in [9.17, 15) is 0 Å². The van der Waals surface area contributed by atoms with Gasteiger partial charge in [0, 0.05) is 11.6 Å². The summed E-state index contributed by atoms with van der Waals surface area (Å²) >= 11 is 0. The van der Waals surface area contributed by atoms with Crippen molar-refractivity contribution in [1.29, 1.82) is 0 Å². The Bertz CT molecular complexity index is 279. The fraction of sp³-hybridized carbons (Fsp3) is 0.273. The molecule has 0 aliphatic heterocycles. The van der Waals surface area contributed by atoms with Gasteiger partial charge in [0.2, 0.25) is 0 Å². The van der Waals surface area contributed by atoms with Crippen LogP contribution in [0.3, 0.4) is 0 Å². The van der Waals surface area contributed by atoms with E-state index in [1.54, 1.807) is 0 Å². The molecule has 1 rings (SSSR count). The molecule has 0 heterocycles. The van der Waals surface area contributed by atoms with E-state index in [0.717, 1.165) is 5.56 Å². The summed E-state index contributed by atoms with van der Waals surface area (Å²) in [5.74, 6) is 2.59. The van der Waals surface area contributed by atoms with Crippen LogP contribution in [0.5, 0.6) is 0 Å². The second-order valence-electron chi connectivity index (χ2n) is 2.78. The van der Waals surface area contributed by atoms with Gasteiger partial charge in [0.1, 0.15) is 0 Å². The molecule has 1 aromatic carbocycles. The zero-order chi connectivity index (χ0) is 8.97. The molecule has 0 amide bonds. The Hall–Kier alpha value is -1.26. The Morgan fingerprint density at radius 3 is 2.33 bits per heavy atom. The molecule has 1 aromatic rings. The monoisotopic (exact) mass is 159 g/mol. The molecule has 0 bridgehead atoms. The SMILES string of the molecule is C#Cc1ccc([C@H](C)NC)cc1. The van der Waals surface area contributed by atoms with E-state index >= 15 is 0 Å². The third-order valence-corrected chi connectivity index (χ3v) is 2.01. The summed E-state index contributed by atoms with van der Waals surface area (Å²) in [4.78, 5) is 0. The van der Waals surface area contributed by atoms with Crippen LogP contribution in [0.2, 0.25) is 0 Å². The van der Waals surface area contributed by atoms with E-state index in [1.807, 2.05) is 19.2 Å². The Kier molecular flexibility index (Phi) is 2.90. The average molecular weight is 159 g/mol. The lowest BCUT2D eigenvalue weighted by Gasteiger charge is -2.09. The predicted octanol–water partition coefficient (Wildman–Crippen LogP) is 1.95. The summed E-state index contributed by atoms with van der Waals surface area (Å²) in [6, 6.07) is 8.41. The molecule has 0 aliphatic rings. The van der Waals surface area contributed by atoms with Crippen molar-refractivity contribution in [3.05, 3.63) is 35.4 Å². The molecule has 0 saturated carbocycles. The van der Waals surface area contributed by atoms with Crippen LogP contribution in [0.4, 0.5) is 0 Å². The van der Waals surface area contributed by atoms with Crippen LogP contribution in [-0.2, 0) is 0 Å². The molecule has 0 unspecified atom stereocenters. The zero-order valence-corrected chi connectivity index (χ0v) is 7.46. The van der Waals surface area contributed by atoms with Crippen molar-refractivity contribution < 1.29 is 0 Å². The van der Waals surface area contributed by atoms with E-state index in [-0.39, 0.29) is 0 Å². The predicted molar refractivity (Wildman–Crippen MR) is 51.9 cm³/mol. The molecule has 1 nitrogen and oxygen atoms in total. The minimum Gasteiger partial charge on any atom is -0.313 e. The Labute approximate surface area is 73.8 Å². The summed E-state index contributed by atoms with van der Waals surface area (Å²) in [5.41, 5.74) is 2.19. The molecule has 0 aliphatic carbocycles. The van der Waals surface area contributed by atoms with Crippen molar-refractivity contribution in [1.82, 2.24) is 5.32 Å². The molecule has 1 heteroatoms. The van der Waals surface area contributed by atoms with Crippen LogP contribution in [-0.4, -0.2) is 7.05 Å². The molecule has 1 atom stereocenters. The van der Waals surface area contributed by atoms with Crippen LogP contribution in [0.25, 0.3) is 0 Å². The number of terminal acetylenes is 1. The van der Waals surface area contributed by atoms with Gasteiger partial charge in [0.05, 0.1) is 0 Å². The highest BCUT2D eigenvalue weighted by Gasteiger charge is 1.99.